The summed E-state index contributed by atoms with van der Waals surface area (Å²) in [6.45, 7) is -0.137. The second kappa shape index (κ2) is 3.89. The Labute approximate surface area is 79.0 Å². The summed E-state index contributed by atoms with van der Waals surface area (Å²) >= 11 is 3.27. The molecule has 1 aromatic carbocycles. The Kier molecular flexibility index (Phi) is 3.08. The zero-order valence-corrected chi connectivity index (χ0v) is 7.95. The molecule has 0 heterocycles. The molecule has 0 aliphatic carbocycles. The summed E-state index contributed by atoms with van der Waals surface area (Å²) < 4.78 is 0.793. The monoisotopic (exact) mass is 231 g/mol. The van der Waals surface area contributed by atoms with Crippen molar-refractivity contribution in [2.75, 3.05) is 6.61 Å². The Balaban J connectivity index is 3.04. The Morgan fingerprint density at radius 2 is 2.17 bits per heavy atom. The zero-order valence-electron chi connectivity index (χ0n) is 6.37. The second-order valence-electron chi connectivity index (χ2n) is 2.49. The SMILES string of the molecule is NC(CO)c1cc(O)ccc1Br. The van der Waals surface area contributed by atoms with Gasteiger partial charge in [-0.15, -0.1) is 0 Å². The van der Waals surface area contributed by atoms with E-state index in [2.05, 4.69) is 15.9 Å². The minimum Gasteiger partial charge on any atom is -0.508 e. The van der Waals surface area contributed by atoms with Crippen LogP contribution in [0.4, 0.5) is 0 Å². The van der Waals surface area contributed by atoms with E-state index in [1.54, 1.807) is 12.1 Å². The van der Waals surface area contributed by atoms with Crippen molar-refractivity contribution in [1.82, 2.24) is 0 Å². The van der Waals surface area contributed by atoms with E-state index in [0.29, 0.717) is 5.56 Å². The largest absolute Gasteiger partial charge is 0.508 e. The van der Waals surface area contributed by atoms with Gasteiger partial charge in [-0.25, -0.2) is 0 Å². The van der Waals surface area contributed by atoms with E-state index in [9.17, 15) is 0 Å². The number of phenolic OH excluding ortho intramolecular Hbond substituents is 1. The van der Waals surface area contributed by atoms with E-state index >= 15 is 0 Å². The van der Waals surface area contributed by atoms with E-state index in [4.69, 9.17) is 15.9 Å². The highest BCUT2D eigenvalue weighted by Gasteiger charge is 2.08. The fourth-order valence-electron chi connectivity index (χ4n) is 0.914. The highest BCUT2D eigenvalue weighted by molar-refractivity contribution is 9.10. The minimum absolute atomic E-state index is 0.137. The van der Waals surface area contributed by atoms with Gasteiger partial charge in [0.25, 0.3) is 0 Å². The molecule has 12 heavy (non-hydrogen) atoms. The lowest BCUT2D eigenvalue weighted by atomic mass is 10.1. The summed E-state index contributed by atoms with van der Waals surface area (Å²) in [7, 11) is 0. The van der Waals surface area contributed by atoms with Gasteiger partial charge in [-0.1, -0.05) is 15.9 Å². The molecule has 4 heteroatoms. The summed E-state index contributed by atoms with van der Waals surface area (Å²) in [5, 5.41) is 17.9. The number of rotatable bonds is 2. The topological polar surface area (TPSA) is 66.5 Å². The first-order valence-electron chi connectivity index (χ1n) is 3.50. The van der Waals surface area contributed by atoms with Crippen molar-refractivity contribution in [1.29, 1.82) is 0 Å². The van der Waals surface area contributed by atoms with Crippen LogP contribution in [0.5, 0.6) is 5.75 Å². The molecule has 0 aliphatic heterocycles. The van der Waals surface area contributed by atoms with Crippen LogP contribution < -0.4 is 5.73 Å². The molecule has 4 N–H and O–H groups in total. The molecule has 0 aliphatic rings. The van der Waals surface area contributed by atoms with Gasteiger partial charge in [0.05, 0.1) is 12.6 Å². The maximum Gasteiger partial charge on any atom is 0.115 e. The molecule has 1 aromatic rings. The first-order chi connectivity index (χ1) is 5.65. The number of hydrogen-bond acceptors (Lipinski definition) is 3. The van der Waals surface area contributed by atoms with Crippen LogP contribution in [0.2, 0.25) is 0 Å². The summed E-state index contributed by atoms with van der Waals surface area (Å²) in [6, 6.07) is 4.33. The summed E-state index contributed by atoms with van der Waals surface area (Å²) in [5.41, 5.74) is 6.28. The second-order valence-corrected chi connectivity index (χ2v) is 3.35. The molecule has 0 bridgehead atoms. The Hall–Kier alpha value is -0.580. The number of nitrogens with two attached hydrogens (primary N) is 1. The predicted octanol–water partition coefficient (Wildman–Crippen LogP) is 1.15. The molecule has 0 radical (unpaired) electrons. The summed E-state index contributed by atoms with van der Waals surface area (Å²) in [4.78, 5) is 0. The van der Waals surface area contributed by atoms with Crippen molar-refractivity contribution in [2.24, 2.45) is 5.73 Å². The van der Waals surface area contributed by atoms with Crippen molar-refractivity contribution >= 4 is 15.9 Å². The predicted molar refractivity (Wildman–Crippen MR) is 49.8 cm³/mol. The molecule has 1 rings (SSSR count). The lowest BCUT2D eigenvalue weighted by molar-refractivity contribution is 0.267. The van der Waals surface area contributed by atoms with Crippen molar-refractivity contribution in [3.8, 4) is 5.75 Å². The molecule has 0 spiro atoms. The maximum atomic E-state index is 9.12. The van der Waals surface area contributed by atoms with Crippen molar-refractivity contribution in [2.45, 2.75) is 6.04 Å². The van der Waals surface area contributed by atoms with Crippen LogP contribution in [0.25, 0.3) is 0 Å². The third-order valence-electron chi connectivity index (χ3n) is 1.58. The van der Waals surface area contributed by atoms with Gasteiger partial charge in [0.1, 0.15) is 5.75 Å². The van der Waals surface area contributed by atoms with E-state index in [1.807, 2.05) is 0 Å². The number of halogens is 1. The van der Waals surface area contributed by atoms with Crippen LogP contribution in [-0.2, 0) is 0 Å². The zero-order chi connectivity index (χ0) is 9.14. The van der Waals surface area contributed by atoms with Crippen molar-refractivity contribution < 1.29 is 10.2 Å². The molecule has 66 valence electrons. The molecule has 0 fully saturated rings. The smallest absolute Gasteiger partial charge is 0.115 e. The number of benzene rings is 1. The molecular weight excluding hydrogens is 222 g/mol. The van der Waals surface area contributed by atoms with Gasteiger partial charge < -0.3 is 15.9 Å². The highest BCUT2D eigenvalue weighted by atomic mass is 79.9. The standard InChI is InChI=1S/C8H10BrNO2/c9-7-2-1-5(12)3-6(7)8(10)4-11/h1-3,8,11-12H,4,10H2. The van der Waals surface area contributed by atoms with Gasteiger partial charge >= 0.3 is 0 Å². The van der Waals surface area contributed by atoms with Gasteiger partial charge in [0.2, 0.25) is 0 Å². The van der Waals surface area contributed by atoms with Crippen LogP contribution in [-0.4, -0.2) is 16.8 Å². The van der Waals surface area contributed by atoms with E-state index in [-0.39, 0.29) is 12.4 Å². The first kappa shape index (κ1) is 9.51. The molecule has 0 saturated carbocycles. The summed E-state index contributed by atoms with van der Waals surface area (Å²) in [5.74, 6) is 0.150. The number of aromatic hydroxyl groups is 1. The van der Waals surface area contributed by atoms with Crippen molar-refractivity contribution in [3.63, 3.8) is 0 Å². The van der Waals surface area contributed by atoms with E-state index < -0.39 is 6.04 Å². The van der Waals surface area contributed by atoms with Gasteiger partial charge in [-0.05, 0) is 23.8 Å². The van der Waals surface area contributed by atoms with Crippen molar-refractivity contribution in [3.05, 3.63) is 28.2 Å². The third-order valence-corrected chi connectivity index (χ3v) is 2.30. The average Bonchev–Trinajstić information content (AvgIpc) is 2.08. The lowest BCUT2D eigenvalue weighted by Gasteiger charge is -2.10. The molecule has 0 saturated heterocycles. The molecular formula is C8H10BrNO2. The maximum absolute atomic E-state index is 9.12. The number of hydrogen-bond donors (Lipinski definition) is 3. The van der Waals surface area contributed by atoms with E-state index in [0.717, 1.165) is 4.47 Å². The Morgan fingerprint density at radius 1 is 1.50 bits per heavy atom. The quantitative estimate of drug-likeness (QED) is 0.716. The van der Waals surface area contributed by atoms with Gasteiger partial charge in [0, 0.05) is 4.47 Å². The van der Waals surface area contributed by atoms with Crippen LogP contribution in [0, 0.1) is 0 Å². The highest BCUT2D eigenvalue weighted by Crippen LogP contribution is 2.25. The van der Waals surface area contributed by atoms with Gasteiger partial charge in [0.15, 0.2) is 0 Å². The fourth-order valence-corrected chi connectivity index (χ4v) is 1.45. The first-order valence-corrected chi connectivity index (χ1v) is 4.29. The Bertz CT molecular complexity index is 278. The molecule has 0 aromatic heterocycles. The number of aliphatic hydroxyl groups is 1. The fraction of sp³-hybridized carbons (Fsp3) is 0.250. The lowest BCUT2D eigenvalue weighted by Crippen LogP contribution is -2.14. The summed E-state index contributed by atoms with van der Waals surface area (Å²) in [6.07, 6.45) is 0. The minimum atomic E-state index is -0.452. The van der Waals surface area contributed by atoms with Crippen LogP contribution in [0.1, 0.15) is 11.6 Å². The molecule has 3 nitrogen and oxygen atoms in total. The van der Waals surface area contributed by atoms with Crippen LogP contribution in [0.15, 0.2) is 22.7 Å². The van der Waals surface area contributed by atoms with Crippen LogP contribution in [0.3, 0.4) is 0 Å². The molecule has 0 amide bonds. The third kappa shape index (κ3) is 1.97. The molecule has 1 unspecified atom stereocenters. The molecule has 1 atom stereocenters. The Morgan fingerprint density at radius 3 is 2.75 bits per heavy atom. The van der Waals surface area contributed by atoms with Crippen LogP contribution >= 0.6 is 15.9 Å². The number of phenols is 1. The van der Waals surface area contributed by atoms with Gasteiger partial charge in [-0.2, -0.15) is 0 Å². The normalized spacial score (nSPS) is 12.9. The average molecular weight is 232 g/mol. The van der Waals surface area contributed by atoms with E-state index in [1.165, 1.54) is 6.07 Å². The van der Waals surface area contributed by atoms with Gasteiger partial charge in [-0.3, -0.25) is 0 Å². The number of aliphatic hydroxyl groups excluding tert-OH is 1.